The average molecular weight is 456 g/mol. The molecule has 2 amide bonds. The van der Waals surface area contributed by atoms with Crippen molar-refractivity contribution in [1.82, 2.24) is 9.80 Å². The summed E-state index contributed by atoms with van der Waals surface area (Å²) in [5.74, 6) is 5.21. The first-order chi connectivity index (χ1) is 14.3. The third-order valence-electron chi connectivity index (χ3n) is 5.10. The number of hydrogen-bond donors (Lipinski definition) is 2. The van der Waals surface area contributed by atoms with Crippen LogP contribution in [0.5, 0.6) is 0 Å². The van der Waals surface area contributed by atoms with Crippen LogP contribution in [0.25, 0.3) is 0 Å². The molecule has 0 unspecified atom stereocenters. The highest BCUT2D eigenvalue weighted by Gasteiger charge is 2.28. The lowest BCUT2D eigenvalue weighted by Crippen LogP contribution is -2.47. The summed E-state index contributed by atoms with van der Waals surface area (Å²) in [7, 11) is 1.79. The van der Waals surface area contributed by atoms with Gasteiger partial charge in [-0.2, -0.15) is 5.10 Å². The normalized spacial score (nSPS) is 15.0. The first-order valence-corrected chi connectivity index (χ1v) is 10.5. The number of likely N-dealkylation sites (tertiary alicyclic amines) is 1. The second kappa shape index (κ2) is 11.8. The molecule has 3 N–H and O–H groups in total. The van der Waals surface area contributed by atoms with Gasteiger partial charge in [0.2, 0.25) is 5.91 Å². The lowest BCUT2D eigenvalue weighted by Gasteiger charge is -2.36. The Kier molecular flexibility index (Phi) is 9.39. The third-order valence-corrected chi connectivity index (χ3v) is 5.54. The van der Waals surface area contributed by atoms with E-state index in [1.54, 1.807) is 35.0 Å². The number of hydrogen-bond acceptors (Lipinski definition) is 6. The summed E-state index contributed by atoms with van der Waals surface area (Å²) in [6, 6.07) is 5.12. The quantitative estimate of drug-likeness (QED) is 0.353. The highest BCUT2D eigenvalue weighted by atomic mass is 35.5. The van der Waals surface area contributed by atoms with Gasteiger partial charge in [-0.25, -0.2) is 4.79 Å². The van der Waals surface area contributed by atoms with Gasteiger partial charge in [-0.3, -0.25) is 4.79 Å². The van der Waals surface area contributed by atoms with Gasteiger partial charge in [0.1, 0.15) is 6.61 Å². The lowest BCUT2D eigenvalue weighted by atomic mass is 10.0. The zero-order valence-corrected chi connectivity index (χ0v) is 18.5. The molecule has 164 valence electrons. The largest absolute Gasteiger partial charge is 0.445 e. The van der Waals surface area contributed by atoms with Crippen molar-refractivity contribution < 1.29 is 14.3 Å². The zero-order chi connectivity index (χ0) is 22.1. The van der Waals surface area contributed by atoms with Crippen LogP contribution in [0, 0.1) is 5.41 Å². The van der Waals surface area contributed by atoms with Crippen LogP contribution < -0.4 is 5.84 Å². The lowest BCUT2D eigenvalue weighted by molar-refractivity contribution is -0.132. The van der Waals surface area contributed by atoms with E-state index < -0.39 is 6.09 Å². The van der Waals surface area contributed by atoms with Gasteiger partial charge in [0.25, 0.3) is 0 Å². The van der Waals surface area contributed by atoms with E-state index >= 15 is 0 Å². The Bertz CT molecular complexity index is 774. The number of nitrogens with one attached hydrogen (secondary N) is 1. The molecule has 0 spiro atoms. The highest BCUT2D eigenvalue weighted by Crippen LogP contribution is 2.21. The molecule has 0 atom stereocenters. The van der Waals surface area contributed by atoms with Crippen molar-refractivity contribution in [2.75, 3.05) is 20.1 Å². The second-order valence-electron chi connectivity index (χ2n) is 7.17. The van der Waals surface area contributed by atoms with E-state index in [-0.39, 0.29) is 18.6 Å². The molecule has 1 aliphatic heterocycles. The summed E-state index contributed by atoms with van der Waals surface area (Å²) in [5, 5.41) is 11.6. The molecule has 8 nitrogen and oxygen atoms in total. The Labute approximate surface area is 186 Å². The minimum Gasteiger partial charge on any atom is -0.445 e. The molecule has 1 aromatic rings. The Morgan fingerprint density at radius 2 is 1.90 bits per heavy atom. The molecule has 10 heteroatoms. The van der Waals surface area contributed by atoms with Crippen LogP contribution >= 0.6 is 23.2 Å². The molecule has 1 fully saturated rings. The van der Waals surface area contributed by atoms with Crippen LogP contribution in [-0.2, 0) is 16.1 Å². The first kappa shape index (κ1) is 24.0. The van der Waals surface area contributed by atoms with Crippen molar-refractivity contribution >= 4 is 47.1 Å². The van der Waals surface area contributed by atoms with Gasteiger partial charge in [-0.1, -0.05) is 23.2 Å². The molecule has 0 saturated carbocycles. The number of ether oxygens (including phenoxy) is 1. The maximum atomic E-state index is 12.4. The summed E-state index contributed by atoms with van der Waals surface area (Å²) in [4.78, 5) is 28.1. The Morgan fingerprint density at radius 3 is 2.47 bits per heavy atom. The first-order valence-electron chi connectivity index (χ1n) is 9.73. The molecule has 0 aliphatic carbocycles. The summed E-state index contributed by atoms with van der Waals surface area (Å²) in [6.07, 6.45) is 3.55. The summed E-state index contributed by atoms with van der Waals surface area (Å²) >= 11 is 11.9. The number of rotatable bonds is 8. The van der Waals surface area contributed by atoms with Crippen molar-refractivity contribution in [3.63, 3.8) is 0 Å². The standard InChI is InChI=1S/C20H27Cl2N5O3/c1-26(19(28)4-2-3-17(12-23)25-24)18-5-7-27(8-6-18)20(29)30-13-14-9-15(21)11-16(22)10-14/h9-12,18,23H,2-8,13,24H2,1H3. The van der Waals surface area contributed by atoms with E-state index in [1.807, 2.05) is 0 Å². The van der Waals surface area contributed by atoms with Crippen LogP contribution in [0.15, 0.2) is 23.3 Å². The number of halogens is 2. The zero-order valence-electron chi connectivity index (χ0n) is 16.9. The maximum absolute atomic E-state index is 12.4. The summed E-state index contributed by atoms with van der Waals surface area (Å²) in [6.45, 7) is 1.14. The summed E-state index contributed by atoms with van der Waals surface area (Å²) < 4.78 is 5.37. The number of nitrogens with two attached hydrogens (primary N) is 1. The molecule has 1 heterocycles. The van der Waals surface area contributed by atoms with Crippen molar-refractivity contribution in [1.29, 1.82) is 5.41 Å². The summed E-state index contributed by atoms with van der Waals surface area (Å²) in [5.41, 5.74) is 1.20. The van der Waals surface area contributed by atoms with E-state index in [0.29, 0.717) is 61.0 Å². The predicted molar refractivity (Wildman–Crippen MR) is 118 cm³/mol. The molecule has 1 aromatic carbocycles. The molecular formula is C20H27Cl2N5O3. The fraction of sp³-hybridized carbons (Fsp3) is 0.500. The minimum absolute atomic E-state index is 0.0372. The topological polar surface area (TPSA) is 112 Å². The molecule has 0 aromatic heterocycles. The minimum atomic E-state index is -0.390. The number of benzene rings is 1. The van der Waals surface area contributed by atoms with Crippen LogP contribution in [0.1, 0.15) is 37.7 Å². The van der Waals surface area contributed by atoms with E-state index in [4.69, 9.17) is 39.2 Å². The maximum Gasteiger partial charge on any atom is 0.410 e. The Balaban J connectivity index is 1.74. The molecule has 1 aliphatic rings. The van der Waals surface area contributed by atoms with Gasteiger partial charge in [-0.15, -0.1) is 0 Å². The molecule has 0 radical (unpaired) electrons. The SMILES string of the molecule is CN(C(=O)CCCC(C=N)=NN)C1CCN(C(=O)OCc2cc(Cl)cc(Cl)c2)CC1. The van der Waals surface area contributed by atoms with Gasteiger partial charge >= 0.3 is 6.09 Å². The van der Waals surface area contributed by atoms with Gasteiger partial charge in [0.05, 0.1) is 5.71 Å². The average Bonchev–Trinajstić information content (AvgIpc) is 2.74. The number of nitrogens with zero attached hydrogens (tertiary/aromatic N) is 3. The van der Waals surface area contributed by atoms with Crippen molar-refractivity contribution in [3.05, 3.63) is 33.8 Å². The van der Waals surface area contributed by atoms with Crippen LogP contribution in [0.4, 0.5) is 4.79 Å². The second-order valence-corrected chi connectivity index (χ2v) is 8.05. The van der Waals surface area contributed by atoms with Crippen molar-refractivity contribution in [2.24, 2.45) is 10.9 Å². The molecule has 2 rings (SSSR count). The molecule has 0 bridgehead atoms. The van der Waals surface area contributed by atoms with Crippen molar-refractivity contribution in [2.45, 2.75) is 44.8 Å². The number of carbonyl (C=O) groups excluding carboxylic acids is 2. The van der Waals surface area contributed by atoms with Crippen LogP contribution in [-0.4, -0.2) is 59.9 Å². The fourth-order valence-electron chi connectivity index (χ4n) is 3.34. The number of hydrazone groups is 1. The van der Waals surface area contributed by atoms with Gasteiger partial charge in [-0.05, 0) is 49.4 Å². The Morgan fingerprint density at radius 1 is 1.27 bits per heavy atom. The van der Waals surface area contributed by atoms with Gasteiger partial charge in [0.15, 0.2) is 0 Å². The number of amides is 2. The van der Waals surface area contributed by atoms with E-state index in [2.05, 4.69) is 5.10 Å². The highest BCUT2D eigenvalue weighted by molar-refractivity contribution is 6.34. The predicted octanol–water partition coefficient (Wildman–Crippen LogP) is 3.69. The van der Waals surface area contributed by atoms with Gasteiger partial charge in [0, 0.05) is 48.9 Å². The smallest absolute Gasteiger partial charge is 0.410 e. The van der Waals surface area contributed by atoms with Gasteiger partial charge < -0.3 is 25.8 Å². The van der Waals surface area contributed by atoms with E-state index in [0.717, 1.165) is 11.8 Å². The number of piperidine rings is 1. The van der Waals surface area contributed by atoms with E-state index in [9.17, 15) is 9.59 Å². The third kappa shape index (κ3) is 7.18. The number of carbonyl (C=O) groups is 2. The Hall–Kier alpha value is -2.32. The fourth-order valence-corrected chi connectivity index (χ4v) is 3.91. The molecular weight excluding hydrogens is 429 g/mol. The van der Waals surface area contributed by atoms with E-state index in [1.165, 1.54) is 0 Å². The molecule has 1 saturated heterocycles. The van der Waals surface area contributed by atoms with Crippen molar-refractivity contribution in [3.8, 4) is 0 Å². The van der Waals surface area contributed by atoms with Crippen LogP contribution in [0.3, 0.4) is 0 Å². The van der Waals surface area contributed by atoms with Crippen LogP contribution in [0.2, 0.25) is 10.0 Å². The molecule has 30 heavy (non-hydrogen) atoms. The monoisotopic (exact) mass is 455 g/mol.